The van der Waals surface area contributed by atoms with Gasteiger partial charge < -0.3 is 5.32 Å². The molecule has 108 valence electrons. The van der Waals surface area contributed by atoms with Crippen molar-refractivity contribution in [3.05, 3.63) is 66.0 Å². The molecule has 0 saturated heterocycles. The molecule has 21 heavy (non-hydrogen) atoms. The van der Waals surface area contributed by atoms with Gasteiger partial charge in [-0.1, -0.05) is 42.5 Å². The van der Waals surface area contributed by atoms with Crippen molar-refractivity contribution >= 4 is 34.8 Å². The SMILES string of the molecule is O=C(Nc1ccccc1F)C1C(c2ccccc2)C1(Cl)Cl. The van der Waals surface area contributed by atoms with Crippen molar-refractivity contribution in [3.8, 4) is 0 Å². The summed E-state index contributed by atoms with van der Waals surface area (Å²) in [5.74, 6) is -1.74. The lowest BCUT2D eigenvalue weighted by atomic mass is 10.1. The number of carbonyl (C=O) groups excluding carboxylic acids is 1. The lowest BCUT2D eigenvalue weighted by molar-refractivity contribution is -0.117. The van der Waals surface area contributed by atoms with E-state index in [0.29, 0.717) is 0 Å². The van der Waals surface area contributed by atoms with Crippen LogP contribution in [0.15, 0.2) is 54.6 Å². The Morgan fingerprint density at radius 3 is 2.33 bits per heavy atom. The number of anilines is 1. The van der Waals surface area contributed by atoms with Crippen LogP contribution in [-0.4, -0.2) is 10.2 Å². The summed E-state index contributed by atoms with van der Waals surface area (Å²) in [7, 11) is 0. The van der Waals surface area contributed by atoms with Crippen LogP contribution >= 0.6 is 23.2 Å². The van der Waals surface area contributed by atoms with Gasteiger partial charge >= 0.3 is 0 Å². The lowest BCUT2D eigenvalue weighted by Gasteiger charge is -2.05. The Hall–Kier alpha value is -1.58. The third kappa shape index (κ3) is 2.63. The number of carbonyl (C=O) groups is 1. The van der Waals surface area contributed by atoms with E-state index in [0.717, 1.165) is 5.56 Å². The normalized spacial score (nSPS) is 22.6. The van der Waals surface area contributed by atoms with E-state index < -0.39 is 16.1 Å². The summed E-state index contributed by atoms with van der Waals surface area (Å²) in [6.07, 6.45) is 0. The Morgan fingerprint density at radius 2 is 1.67 bits per heavy atom. The van der Waals surface area contributed by atoms with Gasteiger partial charge in [-0.25, -0.2) is 4.39 Å². The van der Waals surface area contributed by atoms with Crippen molar-refractivity contribution in [3.63, 3.8) is 0 Å². The second-order valence-corrected chi connectivity index (χ2v) is 6.45. The Bertz CT molecular complexity index is 675. The average Bonchev–Trinajstić information content (AvgIpc) is 3.05. The second-order valence-electron chi connectivity index (χ2n) is 5.01. The molecule has 0 aliphatic heterocycles. The van der Waals surface area contributed by atoms with Crippen molar-refractivity contribution < 1.29 is 9.18 Å². The highest BCUT2D eigenvalue weighted by Crippen LogP contribution is 2.65. The first-order valence-corrected chi connectivity index (χ1v) is 7.25. The number of hydrogen-bond acceptors (Lipinski definition) is 1. The first kappa shape index (κ1) is 14.4. The Labute approximate surface area is 131 Å². The standard InChI is InChI=1S/C16H12Cl2FNO/c17-16(18)13(10-6-2-1-3-7-10)14(16)15(21)20-12-9-5-4-8-11(12)19/h1-9,13-14H,(H,20,21). The summed E-state index contributed by atoms with van der Waals surface area (Å²) in [6.45, 7) is 0. The fourth-order valence-corrected chi connectivity index (χ4v) is 3.33. The minimum absolute atomic E-state index is 0.130. The number of benzene rings is 2. The maximum atomic E-state index is 13.6. The minimum atomic E-state index is -1.16. The van der Waals surface area contributed by atoms with Crippen molar-refractivity contribution in [1.29, 1.82) is 0 Å². The summed E-state index contributed by atoms with van der Waals surface area (Å²) in [5.41, 5.74) is 1.03. The number of alkyl halides is 2. The fraction of sp³-hybridized carbons (Fsp3) is 0.188. The molecule has 2 aromatic carbocycles. The smallest absolute Gasteiger partial charge is 0.231 e. The van der Waals surface area contributed by atoms with Crippen LogP contribution in [0.5, 0.6) is 0 Å². The summed E-state index contributed by atoms with van der Waals surface area (Å²) in [5, 5.41) is 2.54. The number of amides is 1. The van der Waals surface area contributed by atoms with E-state index in [2.05, 4.69) is 5.32 Å². The van der Waals surface area contributed by atoms with Gasteiger partial charge in [-0.05, 0) is 17.7 Å². The summed E-state index contributed by atoms with van der Waals surface area (Å²) in [6, 6.07) is 15.3. The molecular weight excluding hydrogens is 312 g/mol. The first-order valence-electron chi connectivity index (χ1n) is 6.50. The molecule has 0 radical (unpaired) electrons. The molecular formula is C16H12Cl2FNO. The van der Waals surface area contributed by atoms with Gasteiger partial charge in [0.15, 0.2) is 0 Å². The number of nitrogens with one attached hydrogen (secondary N) is 1. The van der Waals surface area contributed by atoms with E-state index in [9.17, 15) is 9.18 Å². The van der Waals surface area contributed by atoms with Crippen LogP contribution in [0.2, 0.25) is 0 Å². The van der Waals surface area contributed by atoms with Crippen molar-refractivity contribution in [2.24, 2.45) is 5.92 Å². The van der Waals surface area contributed by atoms with Gasteiger partial charge in [0.1, 0.15) is 10.2 Å². The van der Waals surface area contributed by atoms with Gasteiger partial charge in [0.2, 0.25) is 5.91 Å². The highest BCUT2D eigenvalue weighted by Gasteiger charge is 2.67. The number of para-hydroxylation sites is 1. The third-order valence-corrected chi connectivity index (χ3v) is 4.57. The molecule has 1 fully saturated rings. The Kier molecular flexibility index (Phi) is 3.64. The largest absolute Gasteiger partial charge is 0.323 e. The van der Waals surface area contributed by atoms with E-state index in [4.69, 9.17) is 23.2 Å². The van der Waals surface area contributed by atoms with Crippen LogP contribution in [0.4, 0.5) is 10.1 Å². The zero-order valence-corrected chi connectivity index (χ0v) is 12.4. The van der Waals surface area contributed by atoms with E-state index in [-0.39, 0.29) is 17.5 Å². The highest BCUT2D eigenvalue weighted by atomic mass is 35.5. The molecule has 1 saturated carbocycles. The van der Waals surface area contributed by atoms with Crippen molar-refractivity contribution in [2.75, 3.05) is 5.32 Å². The van der Waals surface area contributed by atoms with E-state index in [1.807, 2.05) is 30.3 Å². The molecule has 5 heteroatoms. The van der Waals surface area contributed by atoms with Gasteiger partial charge in [-0.3, -0.25) is 4.79 Å². The molecule has 2 atom stereocenters. The molecule has 0 bridgehead atoms. The molecule has 2 nitrogen and oxygen atoms in total. The quantitative estimate of drug-likeness (QED) is 0.836. The van der Waals surface area contributed by atoms with Crippen LogP contribution in [0.1, 0.15) is 11.5 Å². The minimum Gasteiger partial charge on any atom is -0.323 e. The summed E-state index contributed by atoms with van der Waals surface area (Å²) in [4.78, 5) is 12.3. The molecule has 1 amide bonds. The predicted molar refractivity (Wildman–Crippen MR) is 82.1 cm³/mol. The number of hydrogen-bond donors (Lipinski definition) is 1. The zero-order valence-electron chi connectivity index (χ0n) is 10.9. The molecule has 2 aromatic rings. The molecule has 1 aliphatic rings. The van der Waals surface area contributed by atoms with Crippen LogP contribution in [0.3, 0.4) is 0 Å². The summed E-state index contributed by atoms with van der Waals surface area (Å²) >= 11 is 12.4. The van der Waals surface area contributed by atoms with Gasteiger partial charge in [0.05, 0.1) is 11.6 Å². The highest BCUT2D eigenvalue weighted by molar-refractivity contribution is 6.53. The molecule has 0 heterocycles. The Balaban J connectivity index is 1.79. The monoisotopic (exact) mass is 323 g/mol. The van der Waals surface area contributed by atoms with E-state index >= 15 is 0 Å². The maximum absolute atomic E-state index is 13.6. The van der Waals surface area contributed by atoms with Crippen molar-refractivity contribution in [2.45, 2.75) is 10.3 Å². The molecule has 3 rings (SSSR count). The number of halogens is 3. The topological polar surface area (TPSA) is 29.1 Å². The first-order chi connectivity index (χ1) is 10.0. The second kappa shape index (κ2) is 5.32. The van der Waals surface area contributed by atoms with E-state index in [1.165, 1.54) is 12.1 Å². The Morgan fingerprint density at radius 1 is 1.05 bits per heavy atom. The van der Waals surface area contributed by atoms with Gasteiger partial charge in [0, 0.05) is 5.92 Å². The molecule has 0 spiro atoms. The van der Waals surface area contributed by atoms with Gasteiger partial charge in [-0.15, -0.1) is 23.2 Å². The van der Waals surface area contributed by atoms with Crippen LogP contribution < -0.4 is 5.32 Å². The maximum Gasteiger partial charge on any atom is 0.231 e. The number of rotatable bonds is 3. The van der Waals surface area contributed by atoms with Gasteiger partial charge in [-0.2, -0.15) is 0 Å². The molecule has 1 aliphatic carbocycles. The van der Waals surface area contributed by atoms with Crippen LogP contribution in [-0.2, 0) is 4.79 Å². The predicted octanol–water partition coefficient (Wildman–Crippen LogP) is 4.35. The lowest BCUT2D eigenvalue weighted by Crippen LogP contribution is -2.17. The average molecular weight is 324 g/mol. The third-order valence-electron chi connectivity index (χ3n) is 3.63. The zero-order chi connectivity index (χ0) is 15.0. The van der Waals surface area contributed by atoms with Gasteiger partial charge in [0.25, 0.3) is 0 Å². The molecule has 2 unspecified atom stereocenters. The van der Waals surface area contributed by atoms with Crippen molar-refractivity contribution in [1.82, 2.24) is 0 Å². The molecule has 0 aromatic heterocycles. The van der Waals surface area contributed by atoms with Crippen LogP contribution in [0.25, 0.3) is 0 Å². The summed E-state index contributed by atoms with van der Waals surface area (Å²) < 4.78 is 12.4. The fourth-order valence-electron chi connectivity index (χ4n) is 2.50. The van der Waals surface area contributed by atoms with E-state index in [1.54, 1.807) is 12.1 Å². The van der Waals surface area contributed by atoms with Crippen LogP contribution in [0, 0.1) is 11.7 Å². The molecule has 1 N–H and O–H groups in total.